The molecule has 0 aliphatic rings. The molecule has 0 heterocycles. The molecule has 0 aliphatic heterocycles. The Balaban J connectivity index is 2.50. The van der Waals surface area contributed by atoms with Crippen LogP contribution in [0.3, 0.4) is 0 Å². The number of hydrogen-bond donors (Lipinski definition) is 0. The van der Waals surface area contributed by atoms with E-state index in [0.717, 1.165) is 25.8 Å². The van der Waals surface area contributed by atoms with Crippen LogP contribution in [0.4, 0.5) is 0 Å². The molecule has 0 saturated carbocycles. The third-order valence-corrected chi connectivity index (χ3v) is 3.53. The van der Waals surface area contributed by atoms with Gasteiger partial charge < -0.3 is 4.90 Å². The fourth-order valence-electron chi connectivity index (χ4n) is 2.10. The molecule has 2 nitrogen and oxygen atoms in total. The molecule has 0 aromatic heterocycles. The third-order valence-electron chi connectivity index (χ3n) is 3.36. The van der Waals surface area contributed by atoms with Crippen molar-refractivity contribution in [3.05, 3.63) is 35.4 Å². The first kappa shape index (κ1) is 16.0. The number of carbonyl (C=O) groups excluding carboxylic acids is 1. The molecule has 1 aromatic rings. The summed E-state index contributed by atoms with van der Waals surface area (Å²) < 4.78 is 0. The van der Waals surface area contributed by atoms with Gasteiger partial charge in [-0.2, -0.15) is 0 Å². The quantitative estimate of drug-likeness (QED) is 0.664. The van der Waals surface area contributed by atoms with Gasteiger partial charge in [0, 0.05) is 25.4 Å². The van der Waals surface area contributed by atoms with E-state index in [2.05, 4.69) is 26.0 Å². The number of nitrogens with zero attached hydrogens (tertiary/aromatic N) is 1. The van der Waals surface area contributed by atoms with Crippen LogP contribution in [-0.4, -0.2) is 29.8 Å². The predicted molar refractivity (Wildman–Crippen MR) is 81.7 cm³/mol. The highest BCUT2D eigenvalue weighted by atomic mass is 35.5. The number of hydrogen-bond acceptors (Lipinski definition) is 1. The maximum absolute atomic E-state index is 12.2. The molecule has 1 rings (SSSR count). The number of carbonyl (C=O) groups is 1. The van der Waals surface area contributed by atoms with E-state index in [1.54, 1.807) is 0 Å². The highest BCUT2D eigenvalue weighted by Crippen LogP contribution is 2.11. The van der Waals surface area contributed by atoms with Crippen LogP contribution in [-0.2, 0) is 11.2 Å². The molecular formula is C16H24ClNO. The summed E-state index contributed by atoms with van der Waals surface area (Å²) in [4.78, 5) is 14.1. The molecule has 0 radical (unpaired) electrons. The Kier molecular flexibility index (Phi) is 7.57. The summed E-state index contributed by atoms with van der Waals surface area (Å²) >= 11 is 5.77. The molecule has 3 heteroatoms. The molecular weight excluding hydrogens is 258 g/mol. The van der Waals surface area contributed by atoms with Gasteiger partial charge in [-0.3, -0.25) is 4.79 Å². The van der Waals surface area contributed by atoms with Crippen LogP contribution >= 0.6 is 11.6 Å². The van der Waals surface area contributed by atoms with Crippen molar-refractivity contribution in [2.75, 3.05) is 19.0 Å². The molecule has 0 spiro atoms. The van der Waals surface area contributed by atoms with E-state index in [1.165, 1.54) is 11.1 Å². The largest absolute Gasteiger partial charge is 0.341 e. The van der Waals surface area contributed by atoms with Crippen molar-refractivity contribution >= 4 is 17.5 Å². The summed E-state index contributed by atoms with van der Waals surface area (Å²) in [6.45, 7) is 5.72. The molecule has 0 unspecified atom stereocenters. The van der Waals surface area contributed by atoms with Gasteiger partial charge in [-0.15, -0.1) is 11.6 Å². The third kappa shape index (κ3) is 5.65. The lowest BCUT2D eigenvalue weighted by molar-refractivity contribution is -0.131. The van der Waals surface area contributed by atoms with Crippen molar-refractivity contribution in [3.8, 4) is 0 Å². The maximum Gasteiger partial charge on any atom is 0.222 e. The fourth-order valence-corrected chi connectivity index (χ4v) is 2.31. The molecule has 0 bridgehead atoms. The Morgan fingerprint density at radius 1 is 1.26 bits per heavy atom. The van der Waals surface area contributed by atoms with Crippen LogP contribution in [0.1, 0.15) is 37.3 Å². The van der Waals surface area contributed by atoms with Crippen LogP contribution in [0.2, 0.25) is 0 Å². The van der Waals surface area contributed by atoms with Gasteiger partial charge in [0.25, 0.3) is 0 Å². The van der Waals surface area contributed by atoms with Crippen molar-refractivity contribution in [2.45, 2.75) is 39.5 Å². The summed E-state index contributed by atoms with van der Waals surface area (Å²) in [7, 11) is 0. The lowest BCUT2D eigenvalue weighted by atomic mass is 10.0. The van der Waals surface area contributed by atoms with E-state index in [1.807, 2.05) is 17.0 Å². The lowest BCUT2D eigenvalue weighted by Crippen LogP contribution is -2.33. The number of unbranched alkanes of at least 4 members (excludes halogenated alkanes) is 1. The van der Waals surface area contributed by atoms with E-state index in [0.29, 0.717) is 18.8 Å². The van der Waals surface area contributed by atoms with Gasteiger partial charge in [0.05, 0.1) is 0 Å². The topological polar surface area (TPSA) is 20.3 Å². The van der Waals surface area contributed by atoms with E-state index >= 15 is 0 Å². The zero-order valence-electron chi connectivity index (χ0n) is 12.0. The fraction of sp³-hybridized carbons (Fsp3) is 0.562. The van der Waals surface area contributed by atoms with E-state index in [9.17, 15) is 4.79 Å². The summed E-state index contributed by atoms with van der Waals surface area (Å²) in [6, 6.07) is 8.25. The van der Waals surface area contributed by atoms with Crippen LogP contribution < -0.4 is 0 Å². The molecule has 0 aliphatic carbocycles. The minimum atomic E-state index is 0.220. The SMILES string of the molecule is CCCCN(CCCl)C(=O)CCc1ccccc1C. The average Bonchev–Trinajstić information content (AvgIpc) is 2.42. The van der Waals surface area contributed by atoms with Crippen molar-refractivity contribution in [2.24, 2.45) is 0 Å². The van der Waals surface area contributed by atoms with Crippen molar-refractivity contribution in [1.82, 2.24) is 4.90 Å². The second-order valence-corrected chi connectivity index (χ2v) is 5.23. The second-order valence-electron chi connectivity index (χ2n) is 4.85. The smallest absolute Gasteiger partial charge is 0.222 e. The Morgan fingerprint density at radius 3 is 2.63 bits per heavy atom. The molecule has 0 saturated heterocycles. The van der Waals surface area contributed by atoms with Gasteiger partial charge in [-0.25, -0.2) is 0 Å². The highest BCUT2D eigenvalue weighted by molar-refractivity contribution is 6.18. The Morgan fingerprint density at radius 2 is 2.00 bits per heavy atom. The first-order valence-corrected chi connectivity index (χ1v) is 7.60. The number of aryl methyl sites for hydroxylation is 2. The van der Waals surface area contributed by atoms with Gasteiger partial charge in [0.1, 0.15) is 0 Å². The van der Waals surface area contributed by atoms with Crippen LogP contribution in [0, 0.1) is 6.92 Å². The zero-order chi connectivity index (χ0) is 14.1. The minimum absolute atomic E-state index is 0.220. The van der Waals surface area contributed by atoms with E-state index in [-0.39, 0.29) is 5.91 Å². The number of alkyl halides is 1. The van der Waals surface area contributed by atoms with Gasteiger partial charge in [-0.1, -0.05) is 37.6 Å². The average molecular weight is 282 g/mol. The normalized spacial score (nSPS) is 10.5. The summed E-state index contributed by atoms with van der Waals surface area (Å²) in [5, 5.41) is 0. The maximum atomic E-state index is 12.2. The highest BCUT2D eigenvalue weighted by Gasteiger charge is 2.12. The summed E-state index contributed by atoms with van der Waals surface area (Å²) in [5.74, 6) is 0.733. The van der Waals surface area contributed by atoms with E-state index < -0.39 is 0 Å². The first-order chi connectivity index (χ1) is 9.19. The van der Waals surface area contributed by atoms with Crippen LogP contribution in [0.25, 0.3) is 0 Å². The number of rotatable bonds is 8. The minimum Gasteiger partial charge on any atom is -0.341 e. The Bertz CT molecular complexity index is 392. The second kappa shape index (κ2) is 8.98. The van der Waals surface area contributed by atoms with Gasteiger partial charge in [-0.05, 0) is 30.9 Å². The Labute approximate surface area is 121 Å². The molecule has 1 amide bonds. The molecule has 19 heavy (non-hydrogen) atoms. The number of halogens is 1. The molecule has 0 atom stereocenters. The molecule has 0 N–H and O–H groups in total. The van der Waals surface area contributed by atoms with Crippen molar-refractivity contribution in [1.29, 1.82) is 0 Å². The zero-order valence-corrected chi connectivity index (χ0v) is 12.7. The number of amides is 1. The van der Waals surface area contributed by atoms with E-state index in [4.69, 9.17) is 11.6 Å². The van der Waals surface area contributed by atoms with Gasteiger partial charge >= 0.3 is 0 Å². The lowest BCUT2D eigenvalue weighted by Gasteiger charge is -2.21. The van der Waals surface area contributed by atoms with Crippen LogP contribution in [0.5, 0.6) is 0 Å². The Hall–Kier alpha value is -1.02. The van der Waals surface area contributed by atoms with Crippen molar-refractivity contribution in [3.63, 3.8) is 0 Å². The van der Waals surface area contributed by atoms with Gasteiger partial charge in [0.15, 0.2) is 0 Å². The van der Waals surface area contributed by atoms with Crippen molar-refractivity contribution < 1.29 is 4.79 Å². The molecule has 1 aromatic carbocycles. The van der Waals surface area contributed by atoms with Gasteiger partial charge in [0.2, 0.25) is 5.91 Å². The standard InChI is InChI=1S/C16H24ClNO/c1-3-4-12-18(13-11-17)16(19)10-9-15-8-6-5-7-14(15)2/h5-8H,3-4,9-13H2,1-2H3. The summed E-state index contributed by atoms with van der Waals surface area (Å²) in [5.41, 5.74) is 2.52. The monoisotopic (exact) mass is 281 g/mol. The predicted octanol–water partition coefficient (Wildman–Crippen LogP) is 3.80. The number of benzene rings is 1. The summed E-state index contributed by atoms with van der Waals surface area (Å²) in [6.07, 6.45) is 3.54. The first-order valence-electron chi connectivity index (χ1n) is 7.07. The van der Waals surface area contributed by atoms with Crippen LogP contribution in [0.15, 0.2) is 24.3 Å². The molecule has 106 valence electrons. The molecule has 0 fully saturated rings.